The smallest absolute Gasteiger partial charge is 0.216 e. The Bertz CT molecular complexity index is 290. The normalized spacial score (nSPS) is 15.0. The van der Waals surface area contributed by atoms with E-state index in [4.69, 9.17) is 0 Å². The predicted octanol–water partition coefficient (Wildman–Crippen LogP) is 6.73. The van der Waals surface area contributed by atoms with Crippen LogP contribution in [0.3, 0.4) is 0 Å². The highest BCUT2D eigenvalue weighted by Gasteiger charge is 2.24. The molecule has 0 fully saturated rings. The molecular weight excluding hydrogens is 294 g/mol. The van der Waals surface area contributed by atoms with Gasteiger partial charge in [0.05, 0.1) is 0 Å². The molecule has 3 atom stereocenters. The van der Waals surface area contributed by atoms with Gasteiger partial charge in [-0.3, -0.25) is 4.79 Å². The Kier molecular flexibility index (Phi) is 15.6. The van der Waals surface area contributed by atoms with E-state index in [1.165, 1.54) is 70.6 Å². The van der Waals surface area contributed by atoms with Crippen LogP contribution >= 0.6 is 0 Å². The Balaban J connectivity index is 3.94. The molecule has 1 N–H and O–H groups in total. The second kappa shape index (κ2) is 16.0. The van der Waals surface area contributed by atoms with E-state index in [9.17, 15) is 4.79 Å². The van der Waals surface area contributed by atoms with Gasteiger partial charge in [-0.15, -0.1) is 0 Å². The molecule has 0 aromatic rings. The van der Waals surface area contributed by atoms with Crippen LogP contribution in [0, 0.1) is 17.8 Å². The average molecular weight is 340 g/mol. The van der Waals surface area contributed by atoms with Gasteiger partial charge in [-0.2, -0.15) is 0 Å². The van der Waals surface area contributed by atoms with Crippen molar-refractivity contribution in [1.82, 2.24) is 5.32 Å². The highest BCUT2D eigenvalue weighted by Crippen LogP contribution is 2.34. The van der Waals surface area contributed by atoms with Crippen molar-refractivity contribution in [1.29, 1.82) is 0 Å². The standard InChI is InChI=1S/C22H45NO/c1-6-15-19(4)22(21(8-3)16-7-2)17-13-11-9-10-12-14-18-23-20(5)24/h19,21-22H,6-18H2,1-5H3,(H,23,24). The SMILES string of the molecule is CCCC(C)C(CCCCCCCCNC(C)=O)C(CC)CCC. The minimum Gasteiger partial charge on any atom is -0.356 e. The van der Waals surface area contributed by atoms with Gasteiger partial charge >= 0.3 is 0 Å². The van der Waals surface area contributed by atoms with Gasteiger partial charge in [0.2, 0.25) is 5.91 Å². The van der Waals surface area contributed by atoms with Crippen LogP contribution < -0.4 is 5.32 Å². The third kappa shape index (κ3) is 11.9. The molecule has 0 aromatic carbocycles. The minimum absolute atomic E-state index is 0.0970. The van der Waals surface area contributed by atoms with Crippen molar-refractivity contribution in [3.8, 4) is 0 Å². The molecule has 2 heteroatoms. The number of nitrogens with one attached hydrogen (secondary N) is 1. The molecule has 0 aliphatic rings. The van der Waals surface area contributed by atoms with E-state index < -0.39 is 0 Å². The summed E-state index contributed by atoms with van der Waals surface area (Å²) in [6.07, 6.45) is 16.1. The highest BCUT2D eigenvalue weighted by atomic mass is 16.1. The zero-order chi connectivity index (χ0) is 18.2. The van der Waals surface area contributed by atoms with Gasteiger partial charge in [0.25, 0.3) is 0 Å². The summed E-state index contributed by atoms with van der Waals surface area (Å²) in [5.74, 6) is 2.87. The molecule has 1 amide bonds. The summed E-state index contributed by atoms with van der Waals surface area (Å²) < 4.78 is 0. The lowest BCUT2D eigenvalue weighted by atomic mass is 9.74. The summed E-state index contributed by atoms with van der Waals surface area (Å²) in [5, 5.41) is 2.88. The number of amides is 1. The molecular formula is C22H45NO. The van der Waals surface area contributed by atoms with Gasteiger partial charge in [0, 0.05) is 13.5 Å². The van der Waals surface area contributed by atoms with Gasteiger partial charge in [0.1, 0.15) is 0 Å². The summed E-state index contributed by atoms with van der Waals surface area (Å²) >= 11 is 0. The molecule has 3 unspecified atom stereocenters. The van der Waals surface area contributed by atoms with Crippen LogP contribution in [0.1, 0.15) is 112 Å². The van der Waals surface area contributed by atoms with Crippen LogP contribution in [0.25, 0.3) is 0 Å². The molecule has 0 radical (unpaired) electrons. The third-order valence-corrected chi connectivity index (χ3v) is 5.60. The molecule has 0 aromatic heterocycles. The molecule has 0 bridgehead atoms. The van der Waals surface area contributed by atoms with Crippen LogP contribution in [-0.4, -0.2) is 12.5 Å². The Hall–Kier alpha value is -0.530. The topological polar surface area (TPSA) is 29.1 Å². The van der Waals surface area contributed by atoms with E-state index in [1.54, 1.807) is 6.92 Å². The van der Waals surface area contributed by atoms with Gasteiger partial charge < -0.3 is 5.32 Å². The molecule has 144 valence electrons. The predicted molar refractivity (Wildman–Crippen MR) is 107 cm³/mol. The third-order valence-electron chi connectivity index (χ3n) is 5.60. The van der Waals surface area contributed by atoms with Gasteiger partial charge in [-0.1, -0.05) is 91.9 Å². The summed E-state index contributed by atoms with van der Waals surface area (Å²) in [6.45, 7) is 12.0. The molecule has 0 saturated carbocycles. The molecule has 0 rings (SSSR count). The Morgan fingerprint density at radius 2 is 1.42 bits per heavy atom. The van der Waals surface area contributed by atoms with E-state index in [2.05, 4.69) is 33.0 Å². The number of unbranched alkanes of at least 4 members (excludes halogenated alkanes) is 5. The Morgan fingerprint density at radius 1 is 0.833 bits per heavy atom. The van der Waals surface area contributed by atoms with Crippen molar-refractivity contribution in [2.75, 3.05) is 6.54 Å². The van der Waals surface area contributed by atoms with Crippen molar-refractivity contribution >= 4 is 5.91 Å². The lowest BCUT2D eigenvalue weighted by Crippen LogP contribution is -2.22. The van der Waals surface area contributed by atoms with Crippen LogP contribution in [0.2, 0.25) is 0 Å². The van der Waals surface area contributed by atoms with Crippen LogP contribution in [0.5, 0.6) is 0 Å². The fourth-order valence-electron chi connectivity index (χ4n) is 4.22. The number of carbonyl (C=O) groups is 1. The van der Waals surface area contributed by atoms with Crippen LogP contribution in [-0.2, 0) is 4.79 Å². The lowest BCUT2D eigenvalue weighted by Gasteiger charge is -2.31. The second-order valence-corrected chi connectivity index (χ2v) is 7.78. The average Bonchev–Trinajstić information content (AvgIpc) is 2.55. The molecule has 2 nitrogen and oxygen atoms in total. The van der Waals surface area contributed by atoms with E-state index in [1.807, 2.05) is 0 Å². The molecule has 0 heterocycles. The quantitative estimate of drug-likeness (QED) is 0.310. The maximum atomic E-state index is 10.8. The fraction of sp³-hybridized carbons (Fsp3) is 0.955. The van der Waals surface area contributed by atoms with Gasteiger partial charge in [-0.25, -0.2) is 0 Å². The Labute approximate surface area is 152 Å². The summed E-state index contributed by atoms with van der Waals surface area (Å²) in [5.41, 5.74) is 0. The first-order valence-corrected chi connectivity index (χ1v) is 10.8. The van der Waals surface area contributed by atoms with E-state index in [0.29, 0.717) is 0 Å². The van der Waals surface area contributed by atoms with Gasteiger partial charge in [0.15, 0.2) is 0 Å². The number of hydrogen-bond acceptors (Lipinski definition) is 1. The van der Waals surface area contributed by atoms with E-state index >= 15 is 0 Å². The molecule has 24 heavy (non-hydrogen) atoms. The van der Waals surface area contributed by atoms with E-state index in [-0.39, 0.29) is 5.91 Å². The molecule has 0 spiro atoms. The largest absolute Gasteiger partial charge is 0.356 e. The van der Waals surface area contributed by atoms with Gasteiger partial charge in [-0.05, 0) is 30.6 Å². The van der Waals surface area contributed by atoms with E-state index in [0.717, 1.165) is 30.7 Å². The zero-order valence-corrected chi connectivity index (χ0v) is 17.3. The minimum atomic E-state index is 0.0970. The monoisotopic (exact) mass is 339 g/mol. The number of rotatable bonds is 16. The maximum absolute atomic E-state index is 10.8. The zero-order valence-electron chi connectivity index (χ0n) is 17.3. The Morgan fingerprint density at radius 3 is 1.96 bits per heavy atom. The first-order chi connectivity index (χ1) is 11.6. The number of hydrogen-bond donors (Lipinski definition) is 1. The molecule has 0 aliphatic heterocycles. The lowest BCUT2D eigenvalue weighted by molar-refractivity contribution is -0.118. The van der Waals surface area contributed by atoms with Crippen molar-refractivity contribution in [3.63, 3.8) is 0 Å². The fourth-order valence-corrected chi connectivity index (χ4v) is 4.22. The summed E-state index contributed by atoms with van der Waals surface area (Å²) in [7, 11) is 0. The number of carbonyl (C=O) groups excluding carboxylic acids is 1. The molecule has 0 aliphatic carbocycles. The highest BCUT2D eigenvalue weighted by molar-refractivity contribution is 5.72. The van der Waals surface area contributed by atoms with Crippen molar-refractivity contribution in [3.05, 3.63) is 0 Å². The second-order valence-electron chi connectivity index (χ2n) is 7.78. The van der Waals surface area contributed by atoms with Crippen LogP contribution in [0.4, 0.5) is 0 Å². The maximum Gasteiger partial charge on any atom is 0.216 e. The van der Waals surface area contributed by atoms with Crippen molar-refractivity contribution < 1.29 is 4.79 Å². The first kappa shape index (κ1) is 23.5. The van der Waals surface area contributed by atoms with Crippen LogP contribution in [0.15, 0.2) is 0 Å². The summed E-state index contributed by atoms with van der Waals surface area (Å²) in [4.78, 5) is 10.8. The first-order valence-electron chi connectivity index (χ1n) is 10.8. The summed E-state index contributed by atoms with van der Waals surface area (Å²) in [6, 6.07) is 0. The molecule has 0 saturated heterocycles. The van der Waals surface area contributed by atoms with Crippen molar-refractivity contribution in [2.24, 2.45) is 17.8 Å². The van der Waals surface area contributed by atoms with Crippen molar-refractivity contribution in [2.45, 2.75) is 112 Å².